The molecule has 1 fully saturated rings. The molecular weight excluding hydrogens is 288 g/mol. The summed E-state index contributed by atoms with van der Waals surface area (Å²) in [6, 6.07) is 2.09. The zero-order valence-electron chi connectivity index (χ0n) is 11.3. The predicted molar refractivity (Wildman–Crippen MR) is 70.2 cm³/mol. The van der Waals surface area contributed by atoms with Gasteiger partial charge in [-0.1, -0.05) is 0 Å². The molecule has 21 heavy (non-hydrogen) atoms. The van der Waals surface area contributed by atoms with Gasteiger partial charge in [0.25, 0.3) is 0 Å². The average Bonchev–Trinajstić information content (AvgIpc) is 2.41. The Morgan fingerprint density at radius 3 is 2.52 bits per heavy atom. The van der Waals surface area contributed by atoms with Crippen LogP contribution in [-0.2, 0) is 11.0 Å². The van der Waals surface area contributed by atoms with E-state index >= 15 is 0 Å². The molecule has 1 aromatic carbocycles. The van der Waals surface area contributed by atoms with Gasteiger partial charge in [0, 0.05) is 6.42 Å². The molecule has 3 nitrogen and oxygen atoms in total. The third-order valence-corrected chi connectivity index (χ3v) is 3.50. The summed E-state index contributed by atoms with van der Waals surface area (Å²) >= 11 is 0. The van der Waals surface area contributed by atoms with Gasteiger partial charge in [-0.25, -0.2) is 4.39 Å². The molecule has 0 radical (unpaired) electrons. The molecule has 7 heteroatoms. The molecular formula is C14H16F4N2O. The van der Waals surface area contributed by atoms with Gasteiger partial charge in [0.1, 0.15) is 5.82 Å². The molecule has 2 rings (SSSR count). The van der Waals surface area contributed by atoms with Crippen LogP contribution in [0.1, 0.15) is 24.8 Å². The van der Waals surface area contributed by atoms with Gasteiger partial charge in [-0.15, -0.1) is 0 Å². The van der Waals surface area contributed by atoms with E-state index in [4.69, 9.17) is 0 Å². The Bertz CT molecular complexity index is 510. The van der Waals surface area contributed by atoms with Crippen molar-refractivity contribution in [3.05, 3.63) is 29.6 Å². The summed E-state index contributed by atoms with van der Waals surface area (Å²) in [4.78, 5) is 11.8. The van der Waals surface area contributed by atoms with Crippen molar-refractivity contribution in [2.75, 3.05) is 18.4 Å². The van der Waals surface area contributed by atoms with E-state index in [-0.39, 0.29) is 23.9 Å². The number of benzene rings is 1. The van der Waals surface area contributed by atoms with Crippen molar-refractivity contribution >= 4 is 11.6 Å². The lowest BCUT2D eigenvalue weighted by Gasteiger charge is -2.22. The largest absolute Gasteiger partial charge is 0.416 e. The Morgan fingerprint density at radius 1 is 1.29 bits per heavy atom. The maximum atomic E-state index is 13.6. The lowest BCUT2D eigenvalue weighted by molar-refractivity contribution is -0.137. The Kier molecular flexibility index (Phi) is 4.82. The van der Waals surface area contributed by atoms with E-state index in [1.807, 2.05) is 0 Å². The van der Waals surface area contributed by atoms with Crippen LogP contribution >= 0.6 is 0 Å². The predicted octanol–water partition coefficient (Wildman–Crippen LogP) is 3.17. The smallest absolute Gasteiger partial charge is 0.324 e. The molecule has 2 N–H and O–H groups in total. The van der Waals surface area contributed by atoms with Crippen LogP contribution in [0.3, 0.4) is 0 Å². The van der Waals surface area contributed by atoms with Crippen molar-refractivity contribution in [1.82, 2.24) is 5.32 Å². The zero-order chi connectivity index (χ0) is 15.5. The summed E-state index contributed by atoms with van der Waals surface area (Å²) in [5.41, 5.74) is -1.29. The molecule has 0 atom stereocenters. The standard InChI is InChI=1S/C14H16F4N2O/c15-11-8-10(14(16,17)18)1-2-12(11)20-13(21)7-9-3-5-19-6-4-9/h1-2,8-9,19H,3-7H2,(H,20,21). The lowest BCUT2D eigenvalue weighted by atomic mass is 9.94. The second-order valence-corrected chi connectivity index (χ2v) is 5.14. The molecule has 1 aliphatic rings. The first-order valence-electron chi connectivity index (χ1n) is 6.73. The second kappa shape index (κ2) is 6.43. The number of halogens is 4. The van der Waals surface area contributed by atoms with Crippen LogP contribution in [0.5, 0.6) is 0 Å². The SMILES string of the molecule is O=C(CC1CCNCC1)Nc1ccc(C(F)(F)F)cc1F. The molecule has 1 heterocycles. The molecule has 1 aliphatic heterocycles. The molecule has 1 amide bonds. The third kappa shape index (κ3) is 4.42. The van der Waals surface area contributed by atoms with Crippen LogP contribution in [0.15, 0.2) is 18.2 Å². The van der Waals surface area contributed by atoms with Gasteiger partial charge in [0.2, 0.25) is 5.91 Å². The number of carbonyl (C=O) groups excluding carboxylic acids is 1. The van der Waals surface area contributed by atoms with E-state index in [1.165, 1.54) is 0 Å². The van der Waals surface area contributed by atoms with E-state index < -0.39 is 17.6 Å². The first-order valence-corrected chi connectivity index (χ1v) is 6.73. The topological polar surface area (TPSA) is 41.1 Å². The molecule has 116 valence electrons. The molecule has 0 unspecified atom stereocenters. The molecule has 1 aromatic rings. The molecule has 1 saturated heterocycles. The van der Waals surface area contributed by atoms with Crippen molar-refractivity contribution in [2.24, 2.45) is 5.92 Å². The fraction of sp³-hybridized carbons (Fsp3) is 0.500. The Morgan fingerprint density at radius 2 is 1.95 bits per heavy atom. The van der Waals surface area contributed by atoms with Crippen molar-refractivity contribution in [3.63, 3.8) is 0 Å². The van der Waals surface area contributed by atoms with Gasteiger partial charge in [-0.3, -0.25) is 4.79 Å². The summed E-state index contributed by atoms with van der Waals surface area (Å²) < 4.78 is 50.8. The van der Waals surface area contributed by atoms with Crippen LogP contribution in [0.2, 0.25) is 0 Å². The van der Waals surface area contributed by atoms with Crippen LogP contribution in [0.4, 0.5) is 23.2 Å². The number of anilines is 1. The average molecular weight is 304 g/mol. The maximum absolute atomic E-state index is 13.6. The quantitative estimate of drug-likeness (QED) is 0.842. The Labute approximate surface area is 119 Å². The van der Waals surface area contributed by atoms with E-state index in [1.54, 1.807) is 0 Å². The number of hydrogen-bond acceptors (Lipinski definition) is 2. The fourth-order valence-corrected chi connectivity index (χ4v) is 2.34. The van der Waals surface area contributed by atoms with Crippen molar-refractivity contribution in [3.8, 4) is 0 Å². The van der Waals surface area contributed by atoms with Gasteiger partial charge < -0.3 is 10.6 Å². The Balaban J connectivity index is 1.97. The summed E-state index contributed by atoms with van der Waals surface area (Å²) in [5, 5.41) is 5.50. The number of nitrogens with one attached hydrogen (secondary N) is 2. The third-order valence-electron chi connectivity index (χ3n) is 3.50. The summed E-state index contributed by atoms with van der Waals surface area (Å²) in [6.07, 6.45) is -2.62. The summed E-state index contributed by atoms with van der Waals surface area (Å²) in [5.74, 6) is -1.23. The highest BCUT2D eigenvalue weighted by Crippen LogP contribution is 2.31. The number of hydrogen-bond donors (Lipinski definition) is 2. The number of alkyl halides is 3. The van der Waals surface area contributed by atoms with Crippen LogP contribution < -0.4 is 10.6 Å². The minimum absolute atomic E-state index is 0.220. The number of piperidine rings is 1. The monoisotopic (exact) mass is 304 g/mol. The highest BCUT2D eigenvalue weighted by molar-refractivity contribution is 5.91. The highest BCUT2D eigenvalue weighted by atomic mass is 19.4. The first kappa shape index (κ1) is 15.8. The first-order chi connectivity index (χ1) is 9.86. The summed E-state index contributed by atoms with van der Waals surface area (Å²) in [6.45, 7) is 1.68. The molecule has 0 saturated carbocycles. The normalized spacial score (nSPS) is 16.8. The molecule has 0 spiro atoms. The van der Waals surface area contributed by atoms with Gasteiger partial charge in [0.05, 0.1) is 11.3 Å². The number of carbonyl (C=O) groups is 1. The summed E-state index contributed by atoms with van der Waals surface area (Å²) in [7, 11) is 0. The van der Waals surface area contributed by atoms with Crippen LogP contribution in [-0.4, -0.2) is 19.0 Å². The zero-order valence-corrected chi connectivity index (χ0v) is 11.3. The molecule has 0 aromatic heterocycles. The van der Waals surface area contributed by atoms with Gasteiger partial charge in [0.15, 0.2) is 0 Å². The van der Waals surface area contributed by atoms with E-state index in [9.17, 15) is 22.4 Å². The van der Waals surface area contributed by atoms with Gasteiger partial charge >= 0.3 is 6.18 Å². The minimum atomic E-state index is -4.60. The van der Waals surface area contributed by atoms with Crippen molar-refractivity contribution < 1.29 is 22.4 Å². The lowest BCUT2D eigenvalue weighted by Crippen LogP contribution is -2.30. The van der Waals surface area contributed by atoms with Crippen LogP contribution in [0.25, 0.3) is 0 Å². The molecule has 0 aliphatic carbocycles. The second-order valence-electron chi connectivity index (χ2n) is 5.14. The number of rotatable bonds is 3. The molecule has 0 bridgehead atoms. The van der Waals surface area contributed by atoms with E-state index in [0.717, 1.165) is 38.1 Å². The van der Waals surface area contributed by atoms with Crippen LogP contribution in [0, 0.1) is 11.7 Å². The van der Waals surface area contributed by atoms with Crippen molar-refractivity contribution in [2.45, 2.75) is 25.4 Å². The maximum Gasteiger partial charge on any atom is 0.416 e. The highest BCUT2D eigenvalue weighted by Gasteiger charge is 2.31. The van der Waals surface area contributed by atoms with Gasteiger partial charge in [-0.2, -0.15) is 13.2 Å². The minimum Gasteiger partial charge on any atom is -0.324 e. The Hall–Kier alpha value is -1.63. The number of amides is 1. The van der Waals surface area contributed by atoms with E-state index in [2.05, 4.69) is 10.6 Å². The fourth-order valence-electron chi connectivity index (χ4n) is 2.34. The van der Waals surface area contributed by atoms with Gasteiger partial charge in [-0.05, 0) is 50.0 Å². The van der Waals surface area contributed by atoms with E-state index in [0.29, 0.717) is 6.07 Å². The van der Waals surface area contributed by atoms with Crippen molar-refractivity contribution in [1.29, 1.82) is 0 Å².